The van der Waals surface area contributed by atoms with Gasteiger partial charge in [-0.15, -0.1) is 0 Å². The highest BCUT2D eigenvalue weighted by Gasteiger charge is 2.15. The molecule has 1 aromatic carbocycles. The van der Waals surface area contributed by atoms with Crippen LogP contribution in [-0.2, 0) is 9.47 Å². The molecule has 1 aromatic rings. The van der Waals surface area contributed by atoms with Crippen molar-refractivity contribution >= 4 is 11.8 Å². The van der Waals surface area contributed by atoms with E-state index in [0.29, 0.717) is 13.2 Å². The third kappa shape index (κ3) is 2.50. The van der Waals surface area contributed by atoms with Crippen LogP contribution in [0, 0.1) is 6.92 Å². The van der Waals surface area contributed by atoms with Gasteiger partial charge in [-0.1, -0.05) is 30.0 Å². The molecule has 3 heteroatoms. The van der Waals surface area contributed by atoms with Gasteiger partial charge in [-0.2, -0.15) is 0 Å². The van der Waals surface area contributed by atoms with Gasteiger partial charge in [-0.05, 0) is 18.6 Å². The lowest BCUT2D eigenvalue weighted by Crippen LogP contribution is -2.25. The Morgan fingerprint density at radius 3 is 2.86 bits per heavy atom. The van der Waals surface area contributed by atoms with Crippen molar-refractivity contribution in [2.24, 2.45) is 0 Å². The van der Waals surface area contributed by atoms with Gasteiger partial charge < -0.3 is 9.47 Å². The highest BCUT2D eigenvalue weighted by molar-refractivity contribution is 7.99. The second-order valence-corrected chi connectivity index (χ2v) is 4.46. The van der Waals surface area contributed by atoms with E-state index >= 15 is 0 Å². The predicted octanol–water partition coefficient (Wildman–Crippen LogP) is 2.46. The zero-order valence-electron chi connectivity index (χ0n) is 8.23. The van der Waals surface area contributed by atoms with Crippen LogP contribution in [0.15, 0.2) is 29.2 Å². The molecule has 76 valence electrons. The monoisotopic (exact) mass is 210 g/mol. The molecule has 0 amide bonds. The van der Waals surface area contributed by atoms with Crippen molar-refractivity contribution in [2.75, 3.05) is 19.8 Å². The van der Waals surface area contributed by atoms with Crippen LogP contribution >= 0.6 is 11.8 Å². The maximum Gasteiger partial charge on any atom is 0.131 e. The number of hydrogen-bond acceptors (Lipinski definition) is 3. The van der Waals surface area contributed by atoms with Crippen molar-refractivity contribution in [3.05, 3.63) is 29.8 Å². The zero-order valence-corrected chi connectivity index (χ0v) is 9.05. The minimum absolute atomic E-state index is 0.157. The van der Waals surface area contributed by atoms with Crippen LogP contribution in [0.25, 0.3) is 0 Å². The predicted molar refractivity (Wildman–Crippen MR) is 57.6 cm³/mol. The Labute approximate surface area is 88.6 Å². The molecule has 0 aliphatic carbocycles. The molecular weight excluding hydrogens is 196 g/mol. The van der Waals surface area contributed by atoms with Gasteiger partial charge in [-0.3, -0.25) is 0 Å². The molecule has 1 atom stereocenters. The van der Waals surface area contributed by atoms with E-state index < -0.39 is 0 Å². The highest BCUT2D eigenvalue weighted by atomic mass is 32.2. The van der Waals surface area contributed by atoms with E-state index in [-0.39, 0.29) is 5.44 Å². The Morgan fingerprint density at radius 1 is 1.29 bits per heavy atom. The van der Waals surface area contributed by atoms with Gasteiger partial charge >= 0.3 is 0 Å². The van der Waals surface area contributed by atoms with E-state index in [9.17, 15) is 0 Å². The SMILES string of the molecule is Cc1ccccc1SC1COCCO1. The van der Waals surface area contributed by atoms with E-state index in [1.54, 1.807) is 11.8 Å². The largest absolute Gasteiger partial charge is 0.375 e. The maximum absolute atomic E-state index is 5.57. The Balaban J connectivity index is 1.99. The quantitative estimate of drug-likeness (QED) is 0.747. The van der Waals surface area contributed by atoms with Gasteiger partial charge in [0, 0.05) is 4.90 Å². The standard InChI is InChI=1S/C11H14O2S/c1-9-4-2-3-5-10(9)14-11-8-12-6-7-13-11/h2-5,11H,6-8H2,1H3. The lowest BCUT2D eigenvalue weighted by molar-refractivity contribution is -0.0498. The third-order valence-corrected chi connectivity index (χ3v) is 3.38. The fraction of sp³-hybridized carbons (Fsp3) is 0.455. The summed E-state index contributed by atoms with van der Waals surface area (Å²) in [5.74, 6) is 0. The van der Waals surface area contributed by atoms with Crippen molar-refractivity contribution in [3.8, 4) is 0 Å². The molecule has 1 aliphatic rings. The summed E-state index contributed by atoms with van der Waals surface area (Å²) in [7, 11) is 0. The summed E-state index contributed by atoms with van der Waals surface area (Å²) in [6.07, 6.45) is 0. The minimum atomic E-state index is 0.157. The van der Waals surface area contributed by atoms with Crippen LogP contribution in [0.1, 0.15) is 5.56 Å². The Morgan fingerprint density at radius 2 is 2.14 bits per heavy atom. The van der Waals surface area contributed by atoms with Gasteiger partial charge in [-0.25, -0.2) is 0 Å². The van der Waals surface area contributed by atoms with E-state index in [4.69, 9.17) is 9.47 Å². The molecule has 0 spiro atoms. The number of aryl methyl sites for hydroxylation is 1. The van der Waals surface area contributed by atoms with Gasteiger partial charge in [0.1, 0.15) is 5.44 Å². The second kappa shape index (κ2) is 4.82. The van der Waals surface area contributed by atoms with E-state index in [0.717, 1.165) is 6.61 Å². The Bertz CT molecular complexity index is 295. The van der Waals surface area contributed by atoms with Gasteiger partial charge in [0.15, 0.2) is 0 Å². The topological polar surface area (TPSA) is 18.5 Å². The molecule has 1 unspecified atom stereocenters. The molecular formula is C11H14O2S. The normalized spacial score (nSPS) is 22.2. The summed E-state index contributed by atoms with van der Waals surface area (Å²) in [4.78, 5) is 1.28. The summed E-state index contributed by atoms with van der Waals surface area (Å²) in [5.41, 5.74) is 1.46. The molecule has 0 bridgehead atoms. The number of rotatable bonds is 2. The number of ether oxygens (including phenoxy) is 2. The molecule has 1 aliphatic heterocycles. The lowest BCUT2D eigenvalue weighted by Gasteiger charge is -2.22. The summed E-state index contributed by atoms with van der Waals surface area (Å²) < 4.78 is 10.9. The summed E-state index contributed by atoms with van der Waals surface area (Å²) in [5, 5.41) is 0. The van der Waals surface area contributed by atoms with Crippen LogP contribution in [0.2, 0.25) is 0 Å². The molecule has 14 heavy (non-hydrogen) atoms. The first kappa shape index (κ1) is 10.0. The van der Waals surface area contributed by atoms with Crippen molar-refractivity contribution in [2.45, 2.75) is 17.3 Å². The van der Waals surface area contributed by atoms with Gasteiger partial charge in [0.25, 0.3) is 0 Å². The summed E-state index contributed by atoms with van der Waals surface area (Å²) in [6, 6.07) is 8.35. The highest BCUT2D eigenvalue weighted by Crippen LogP contribution is 2.28. The smallest absolute Gasteiger partial charge is 0.131 e. The van der Waals surface area contributed by atoms with Crippen molar-refractivity contribution in [1.29, 1.82) is 0 Å². The average Bonchev–Trinajstić information content (AvgIpc) is 2.23. The Hall–Kier alpha value is -0.510. The van der Waals surface area contributed by atoms with E-state index in [1.165, 1.54) is 10.5 Å². The van der Waals surface area contributed by atoms with Crippen molar-refractivity contribution < 1.29 is 9.47 Å². The molecule has 0 radical (unpaired) electrons. The number of benzene rings is 1. The zero-order chi connectivity index (χ0) is 9.80. The van der Waals surface area contributed by atoms with E-state index in [1.807, 2.05) is 0 Å². The fourth-order valence-corrected chi connectivity index (χ4v) is 2.39. The van der Waals surface area contributed by atoms with Crippen molar-refractivity contribution in [3.63, 3.8) is 0 Å². The third-order valence-electron chi connectivity index (χ3n) is 2.14. The summed E-state index contributed by atoms with van der Waals surface area (Å²) >= 11 is 1.74. The first-order valence-electron chi connectivity index (χ1n) is 4.78. The van der Waals surface area contributed by atoms with E-state index in [2.05, 4.69) is 31.2 Å². The molecule has 0 saturated carbocycles. The lowest BCUT2D eigenvalue weighted by atomic mass is 10.2. The van der Waals surface area contributed by atoms with Crippen LogP contribution in [-0.4, -0.2) is 25.3 Å². The molecule has 1 saturated heterocycles. The molecule has 0 aromatic heterocycles. The van der Waals surface area contributed by atoms with Crippen LogP contribution in [0.5, 0.6) is 0 Å². The summed E-state index contributed by atoms with van der Waals surface area (Å²) in [6.45, 7) is 4.25. The van der Waals surface area contributed by atoms with Crippen LogP contribution < -0.4 is 0 Å². The molecule has 2 rings (SSSR count). The van der Waals surface area contributed by atoms with Gasteiger partial charge in [0.2, 0.25) is 0 Å². The number of thioether (sulfide) groups is 1. The van der Waals surface area contributed by atoms with Crippen LogP contribution in [0.4, 0.5) is 0 Å². The minimum Gasteiger partial charge on any atom is -0.375 e. The number of hydrogen-bond donors (Lipinski definition) is 0. The van der Waals surface area contributed by atoms with Crippen LogP contribution in [0.3, 0.4) is 0 Å². The molecule has 2 nitrogen and oxygen atoms in total. The second-order valence-electron chi connectivity index (χ2n) is 3.26. The van der Waals surface area contributed by atoms with Crippen molar-refractivity contribution in [1.82, 2.24) is 0 Å². The average molecular weight is 210 g/mol. The van der Waals surface area contributed by atoms with Gasteiger partial charge in [0.05, 0.1) is 19.8 Å². The Kier molecular flexibility index (Phi) is 3.45. The first-order chi connectivity index (χ1) is 6.86. The maximum atomic E-state index is 5.57. The fourth-order valence-electron chi connectivity index (χ4n) is 1.36. The first-order valence-corrected chi connectivity index (χ1v) is 5.66. The molecule has 1 fully saturated rings. The molecule has 1 heterocycles. The molecule has 0 N–H and O–H groups in total.